The lowest BCUT2D eigenvalue weighted by Crippen LogP contribution is -2.41. The third-order valence-electron chi connectivity index (χ3n) is 5.05. The fraction of sp³-hybridized carbons (Fsp3) is 0.412. The molecule has 2 aromatic heterocycles. The number of H-pyrrole nitrogens is 1. The normalized spacial score (nSPS) is 18.5. The Hall–Kier alpha value is -2.52. The Bertz CT molecular complexity index is 1010. The van der Waals surface area contributed by atoms with E-state index in [0.717, 1.165) is 11.0 Å². The zero-order valence-electron chi connectivity index (χ0n) is 15.1. The number of nitrogens with zero attached hydrogens (tertiary/aromatic N) is 3. The van der Waals surface area contributed by atoms with Crippen LogP contribution in [0.2, 0.25) is 0 Å². The van der Waals surface area contributed by atoms with Crippen LogP contribution in [-0.2, 0) is 15.7 Å². The topological polar surface area (TPSA) is 103 Å². The van der Waals surface area contributed by atoms with E-state index < -0.39 is 18.3 Å². The molecule has 0 aliphatic carbocycles. The third kappa shape index (κ3) is 2.83. The van der Waals surface area contributed by atoms with Crippen molar-refractivity contribution in [2.24, 2.45) is 0 Å². The molecule has 8 nitrogen and oxygen atoms in total. The molecular weight excluding hydrogens is 335 g/mol. The van der Waals surface area contributed by atoms with E-state index in [1.807, 2.05) is 52.0 Å². The fourth-order valence-electron chi connectivity index (χ4n) is 2.84. The molecule has 3 heterocycles. The van der Waals surface area contributed by atoms with Crippen LogP contribution >= 0.6 is 0 Å². The maximum absolute atomic E-state index is 12.2. The molecule has 1 aliphatic heterocycles. The van der Waals surface area contributed by atoms with Gasteiger partial charge >= 0.3 is 7.12 Å². The Morgan fingerprint density at radius 3 is 2.58 bits per heavy atom. The van der Waals surface area contributed by atoms with Gasteiger partial charge in [0.2, 0.25) is 11.3 Å². The van der Waals surface area contributed by atoms with Crippen molar-refractivity contribution >= 4 is 23.9 Å². The maximum Gasteiger partial charge on any atom is 0.494 e. The van der Waals surface area contributed by atoms with E-state index in [0.29, 0.717) is 12.1 Å². The summed E-state index contributed by atoms with van der Waals surface area (Å²) in [4.78, 5) is 19.0. The van der Waals surface area contributed by atoms with Crippen LogP contribution in [0, 0.1) is 0 Å². The molecule has 0 atom stereocenters. The highest BCUT2D eigenvalue weighted by Crippen LogP contribution is 2.36. The molecule has 1 aliphatic rings. The van der Waals surface area contributed by atoms with Crippen LogP contribution in [-0.4, -0.2) is 38.6 Å². The van der Waals surface area contributed by atoms with Crippen LogP contribution in [0.25, 0.3) is 11.3 Å². The average molecular weight is 354 g/mol. The van der Waals surface area contributed by atoms with Gasteiger partial charge in [-0.25, -0.2) is 9.61 Å². The van der Waals surface area contributed by atoms with Crippen LogP contribution in [0.15, 0.2) is 33.7 Å². The minimum Gasteiger partial charge on any atom is -0.399 e. The first-order valence-electron chi connectivity index (χ1n) is 8.41. The Morgan fingerprint density at radius 1 is 1.12 bits per heavy atom. The second-order valence-corrected chi connectivity index (χ2v) is 7.46. The SMILES string of the molecule is CC1(C)OB(c2cccc(Cc3nc4nonc4[nH]c3=O)c2)OC1(C)C. The largest absolute Gasteiger partial charge is 0.494 e. The molecule has 26 heavy (non-hydrogen) atoms. The summed E-state index contributed by atoms with van der Waals surface area (Å²) < 4.78 is 16.8. The number of fused-ring (bicyclic) bond motifs is 1. The van der Waals surface area contributed by atoms with Gasteiger partial charge in [0, 0.05) is 6.42 Å². The van der Waals surface area contributed by atoms with Gasteiger partial charge in [0.05, 0.1) is 11.2 Å². The molecule has 0 unspecified atom stereocenters. The molecular formula is C17H19BN4O4. The standard InChI is InChI=1S/C17H19BN4O4/c1-16(2)17(3,4)25-18(24-16)11-7-5-6-10(8-11)9-12-15(23)20-14-13(19-12)21-26-22-14/h5-8H,9H2,1-4H3,(H,20,22,23). The van der Waals surface area contributed by atoms with Crippen LogP contribution < -0.4 is 11.0 Å². The molecule has 3 aromatic rings. The van der Waals surface area contributed by atoms with Gasteiger partial charge in [0.1, 0.15) is 5.69 Å². The quantitative estimate of drug-likeness (QED) is 0.705. The first kappa shape index (κ1) is 16.9. The number of hydrogen-bond donors (Lipinski definition) is 1. The van der Waals surface area contributed by atoms with E-state index in [1.54, 1.807) is 0 Å². The zero-order chi connectivity index (χ0) is 18.5. The molecule has 0 amide bonds. The summed E-state index contributed by atoms with van der Waals surface area (Å²) in [5, 5.41) is 7.25. The van der Waals surface area contributed by atoms with Crippen LogP contribution in [0.4, 0.5) is 0 Å². The second-order valence-electron chi connectivity index (χ2n) is 7.46. The molecule has 9 heteroatoms. The molecule has 1 fully saturated rings. The van der Waals surface area contributed by atoms with E-state index in [4.69, 9.17) is 9.31 Å². The second kappa shape index (κ2) is 5.75. The highest BCUT2D eigenvalue weighted by atomic mass is 16.7. The van der Waals surface area contributed by atoms with E-state index in [-0.39, 0.29) is 16.9 Å². The molecule has 0 radical (unpaired) electrons. The van der Waals surface area contributed by atoms with E-state index in [1.165, 1.54) is 0 Å². The van der Waals surface area contributed by atoms with Crippen molar-refractivity contribution in [2.45, 2.75) is 45.3 Å². The number of aromatic nitrogens is 4. The van der Waals surface area contributed by atoms with Gasteiger partial charge in [-0.3, -0.25) is 9.78 Å². The smallest absolute Gasteiger partial charge is 0.399 e. The van der Waals surface area contributed by atoms with Gasteiger partial charge in [-0.15, -0.1) is 0 Å². The number of hydrogen-bond acceptors (Lipinski definition) is 7. The van der Waals surface area contributed by atoms with Crippen molar-refractivity contribution in [3.63, 3.8) is 0 Å². The van der Waals surface area contributed by atoms with Gasteiger partial charge < -0.3 is 9.31 Å². The summed E-state index contributed by atoms with van der Waals surface area (Å²) in [5.74, 6) is 0. The predicted molar refractivity (Wildman–Crippen MR) is 95.2 cm³/mol. The molecule has 1 aromatic carbocycles. The lowest BCUT2D eigenvalue weighted by Gasteiger charge is -2.32. The molecule has 0 saturated carbocycles. The summed E-state index contributed by atoms with van der Waals surface area (Å²) in [6, 6.07) is 7.77. The van der Waals surface area contributed by atoms with Crippen molar-refractivity contribution in [3.8, 4) is 0 Å². The Balaban J connectivity index is 1.62. The summed E-state index contributed by atoms with van der Waals surface area (Å²) in [7, 11) is -0.451. The lowest BCUT2D eigenvalue weighted by atomic mass is 9.78. The molecule has 4 rings (SSSR count). The van der Waals surface area contributed by atoms with Crippen molar-refractivity contribution in [2.75, 3.05) is 0 Å². The summed E-state index contributed by atoms with van der Waals surface area (Å²) >= 11 is 0. The molecule has 0 bridgehead atoms. The first-order valence-corrected chi connectivity index (χ1v) is 8.41. The maximum atomic E-state index is 12.2. The van der Waals surface area contributed by atoms with E-state index in [2.05, 4.69) is 24.9 Å². The first-order chi connectivity index (χ1) is 12.2. The number of aromatic amines is 1. The monoisotopic (exact) mass is 354 g/mol. The Labute approximate surface area is 150 Å². The Kier molecular flexibility index (Phi) is 3.74. The zero-order valence-corrected chi connectivity index (χ0v) is 15.1. The lowest BCUT2D eigenvalue weighted by molar-refractivity contribution is 0.00578. The highest BCUT2D eigenvalue weighted by Gasteiger charge is 2.51. The number of nitrogens with one attached hydrogen (secondary N) is 1. The van der Waals surface area contributed by atoms with E-state index >= 15 is 0 Å². The van der Waals surface area contributed by atoms with E-state index in [9.17, 15) is 4.79 Å². The highest BCUT2D eigenvalue weighted by molar-refractivity contribution is 6.62. The van der Waals surface area contributed by atoms with Gasteiger partial charge in [0.25, 0.3) is 5.56 Å². The minimum atomic E-state index is -0.451. The van der Waals surface area contributed by atoms with Crippen LogP contribution in [0.1, 0.15) is 39.0 Å². The number of rotatable bonds is 3. The predicted octanol–water partition coefficient (Wildman–Crippen LogP) is 1.20. The minimum absolute atomic E-state index is 0.240. The van der Waals surface area contributed by atoms with Gasteiger partial charge in [-0.05, 0) is 49.0 Å². The molecule has 1 N–H and O–H groups in total. The van der Waals surface area contributed by atoms with Gasteiger partial charge in [-0.2, -0.15) is 0 Å². The van der Waals surface area contributed by atoms with Crippen molar-refractivity contribution in [1.82, 2.24) is 20.3 Å². The average Bonchev–Trinajstić information content (AvgIpc) is 3.09. The summed E-state index contributed by atoms with van der Waals surface area (Å²) in [6.45, 7) is 8.06. The van der Waals surface area contributed by atoms with Crippen LogP contribution in [0.5, 0.6) is 0 Å². The molecule has 0 spiro atoms. The summed E-state index contributed by atoms with van der Waals surface area (Å²) in [6.07, 6.45) is 0.353. The Morgan fingerprint density at radius 2 is 1.85 bits per heavy atom. The number of benzene rings is 1. The third-order valence-corrected chi connectivity index (χ3v) is 5.05. The fourth-order valence-corrected chi connectivity index (χ4v) is 2.84. The molecule has 134 valence electrons. The van der Waals surface area contributed by atoms with Crippen molar-refractivity contribution in [3.05, 3.63) is 45.9 Å². The van der Waals surface area contributed by atoms with Crippen molar-refractivity contribution in [1.29, 1.82) is 0 Å². The van der Waals surface area contributed by atoms with Crippen molar-refractivity contribution < 1.29 is 13.9 Å². The van der Waals surface area contributed by atoms with Gasteiger partial charge in [0.15, 0.2) is 0 Å². The van der Waals surface area contributed by atoms with Gasteiger partial charge in [-0.1, -0.05) is 24.3 Å². The van der Waals surface area contributed by atoms with Crippen LogP contribution in [0.3, 0.4) is 0 Å². The molecule has 1 saturated heterocycles. The summed E-state index contributed by atoms with van der Waals surface area (Å²) in [5.41, 5.74) is 1.57.